The van der Waals surface area contributed by atoms with Crippen LogP contribution in [0.4, 0.5) is 0 Å². The van der Waals surface area contributed by atoms with Gasteiger partial charge in [0.05, 0.1) is 0 Å². The number of piperidine rings is 1. The Kier molecular flexibility index (Phi) is 3.59. The molecule has 0 saturated carbocycles. The normalized spacial score (nSPS) is 28.7. The first-order valence-electron chi connectivity index (χ1n) is 5.99. The van der Waals surface area contributed by atoms with Gasteiger partial charge >= 0.3 is 0 Å². The molecule has 1 amide bonds. The van der Waals surface area contributed by atoms with Crippen molar-refractivity contribution in [2.45, 2.75) is 25.7 Å². The van der Waals surface area contributed by atoms with E-state index in [1.165, 1.54) is 19.4 Å². The van der Waals surface area contributed by atoms with E-state index in [-0.39, 0.29) is 0 Å². The molecule has 86 valence electrons. The van der Waals surface area contributed by atoms with E-state index in [9.17, 15) is 4.79 Å². The summed E-state index contributed by atoms with van der Waals surface area (Å²) in [6.45, 7) is 4.09. The molecule has 2 fully saturated rings. The Labute approximate surface area is 91.6 Å². The highest BCUT2D eigenvalue weighted by Gasteiger charge is 2.26. The molecule has 0 aromatic rings. The van der Waals surface area contributed by atoms with Crippen LogP contribution in [0.2, 0.25) is 0 Å². The summed E-state index contributed by atoms with van der Waals surface area (Å²) in [5.74, 6) is 1.06. The quantitative estimate of drug-likeness (QED) is 0.736. The van der Waals surface area contributed by atoms with Crippen LogP contribution in [0.1, 0.15) is 25.7 Å². The van der Waals surface area contributed by atoms with Crippen molar-refractivity contribution in [3.8, 4) is 0 Å². The van der Waals surface area contributed by atoms with Gasteiger partial charge in [0, 0.05) is 26.6 Å². The molecular weight excluding hydrogens is 190 g/mol. The summed E-state index contributed by atoms with van der Waals surface area (Å²) in [7, 11) is 2.00. The zero-order chi connectivity index (χ0) is 10.7. The van der Waals surface area contributed by atoms with E-state index in [1.54, 1.807) is 0 Å². The third kappa shape index (κ3) is 2.69. The van der Waals surface area contributed by atoms with Crippen molar-refractivity contribution >= 4 is 5.91 Å². The topological polar surface area (TPSA) is 35.6 Å². The molecule has 4 heteroatoms. The van der Waals surface area contributed by atoms with E-state index in [2.05, 4.69) is 10.3 Å². The van der Waals surface area contributed by atoms with Gasteiger partial charge in [-0.3, -0.25) is 9.80 Å². The Balaban J connectivity index is 1.74. The van der Waals surface area contributed by atoms with Gasteiger partial charge < -0.3 is 5.32 Å². The molecule has 1 N–H and O–H groups in total. The molecule has 0 aromatic heterocycles. The number of nitrogens with zero attached hydrogens (tertiary/aromatic N) is 2. The molecule has 2 heterocycles. The highest BCUT2D eigenvalue weighted by molar-refractivity contribution is 5.77. The number of hydrogen-bond acceptors (Lipinski definition) is 3. The van der Waals surface area contributed by atoms with Crippen molar-refractivity contribution in [1.29, 1.82) is 0 Å². The first-order valence-corrected chi connectivity index (χ1v) is 5.99. The highest BCUT2D eigenvalue weighted by Crippen LogP contribution is 2.17. The number of hydrogen-bond donors (Lipinski definition) is 1. The highest BCUT2D eigenvalue weighted by atomic mass is 16.2. The van der Waals surface area contributed by atoms with Gasteiger partial charge in [-0.15, -0.1) is 0 Å². The predicted octanol–water partition coefficient (Wildman–Crippen LogP) is 0.455. The molecule has 1 atom stereocenters. The number of carbonyl (C=O) groups excluding carboxylic acids is 1. The monoisotopic (exact) mass is 211 g/mol. The zero-order valence-electron chi connectivity index (χ0n) is 9.54. The smallest absolute Gasteiger partial charge is 0.238 e. The molecule has 0 aliphatic carbocycles. The largest absolute Gasteiger partial charge is 0.316 e. The number of hydrazine groups is 1. The Morgan fingerprint density at radius 2 is 2.40 bits per heavy atom. The maximum atomic E-state index is 11.5. The first kappa shape index (κ1) is 10.9. The van der Waals surface area contributed by atoms with Crippen LogP contribution in [0.15, 0.2) is 0 Å². The van der Waals surface area contributed by atoms with Crippen molar-refractivity contribution in [3.63, 3.8) is 0 Å². The van der Waals surface area contributed by atoms with Crippen LogP contribution in [0.25, 0.3) is 0 Å². The molecule has 0 bridgehead atoms. The maximum Gasteiger partial charge on any atom is 0.238 e. The van der Waals surface area contributed by atoms with Gasteiger partial charge in [0.1, 0.15) is 0 Å². The van der Waals surface area contributed by atoms with E-state index in [1.807, 2.05) is 12.1 Å². The van der Waals surface area contributed by atoms with Gasteiger partial charge in [-0.1, -0.05) is 0 Å². The molecule has 1 unspecified atom stereocenters. The summed E-state index contributed by atoms with van der Waals surface area (Å²) in [5.41, 5.74) is 0. The van der Waals surface area contributed by atoms with E-state index in [4.69, 9.17) is 0 Å². The third-order valence-electron chi connectivity index (χ3n) is 3.50. The van der Waals surface area contributed by atoms with Crippen LogP contribution in [0.5, 0.6) is 0 Å². The summed E-state index contributed by atoms with van der Waals surface area (Å²) in [6, 6.07) is 0. The minimum absolute atomic E-state index is 0.293. The third-order valence-corrected chi connectivity index (χ3v) is 3.50. The van der Waals surface area contributed by atoms with Crippen molar-refractivity contribution < 1.29 is 4.79 Å². The summed E-state index contributed by atoms with van der Waals surface area (Å²) in [6.07, 6.45) is 4.44. The van der Waals surface area contributed by atoms with Gasteiger partial charge in [0.25, 0.3) is 0 Å². The van der Waals surface area contributed by atoms with Gasteiger partial charge in [0.2, 0.25) is 5.91 Å². The molecule has 0 spiro atoms. The van der Waals surface area contributed by atoms with Gasteiger partial charge in [-0.2, -0.15) is 0 Å². The van der Waals surface area contributed by atoms with Crippen LogP contribution in [0.3, 0.4) is 0 Å². The van der Waals surface area contributed by atoms with Gasteiger partial charge in [-0.05, 0) is 38.3 Å². The van der Waals surface area contributed by atoms with E-state index in [0.29, 0.717) is 12.3 Å². The van der Waals surface area contributed by atoms with E-state index >= 15 is 0 Å². The fraction of sp³-hybridized carbons (Fsp3) is 0.909. The Bertz CT molecular complexity index is 226. The summed E-state index contributed by atoms with van der Waals surface area (Å²) in [5, 5.41) is 7.38. The summed E-state index contributed by atoms with van der Waals surface area (Å²) >= 11 is 0. The maximum absolute atomic E-state index is 11.5. The second kappa shape index (κ2) is 4.94. The van der Waals surface area contributed by atoms with Crippen molar-refractivity contribution in [2.24, 2.45) is 5.92 Å². The molecule has 15 heavy (non-hydrogen) atoms. The number of nitrogens with one attached hydrogen (secondary N) is 1. The lowest BCUT2D eigenvalue weighted by Gasteiger charge is -2.28. The number of carbonyl (C=O) groups is 1. The van der Waals surface area contributed by atoms with Crippen LogP contribution >= 0.6 is 0 Å². The van der Waals surface area contributed by atoms with E-state index < -0.39 is 0 Å². The van der Waals surface area contributed by atoms with Crippen LogP contribution in [-0.4, -0.2) is 49.2 Å². The van der Waals surface area contributed by atoms with Crippen molar-refractivity contribution in [2.75, 3.05) is 33.2 Å². The molecule has 2 aliphatic heterocycles. The lowest BCUT2D eigenvalue weighted by Crippen LogP contribution is -2.39. The molecular formula is C11H21N3O. The lowest BCUT2D eigenvalue weighted by molar-refractivity contribution is -0.136. The Morgan fingerprint density at radius 1 is 1.53 bits per heavy atom. The van der Waals surface area contributed by atoms with E-state index in [0.717, 1.165) is 32.0 Å². The minimum Gasteiger partial charge on any atom is -0.316 e. The minimum atomic E-state index is 0.293. The predicted molar refractivity (Wildman–Crippen MR) is 59.2 cm³/mol. The molecule has 2 saturated heterocycles. The average Bonchev–Trinajstić information content (AvgIpc) is 2.58. The fourth-order valence-corrected chi connectivity index (χ4v) is 2.47. The second-order valence-electron chi connectivity index (χ2n) is 4.65. The molecule has 4 nitrogen and oxygen atoms in total. The average molecular weight is 211 g/mol. The standard InChI is InChI=1S/C11H21N3O/c1-13-7-5-11(15)14(13)8-4-10-3-2-6-12-9-10/h10,12H,2-9H2,1H3. The molecule has 2 rings (SSSR count). The van der Waals surface area contributed by atoms with Gasteiger partial charge in [-0.25, -0.2) is 5.01 Å². The SMILES string of the molecule is CN1CCC(=O)N1CCC1CCCNC1. The fourth-order valence-electron chi connectivity index (χ4n) is 2.47. The van der Waals surface area contributed by atoms with Gasteiger partial charge in [0.15, 0.2) is 0 Å². The summed E-state index contributed by atoms with van der Waals surface area (Å²) < 4.78 is 0. The second-order valence-corrected chi connectivity index (χ2v) is 4.65. The molecule has 0 aromatic carbocycles. The first-order chi connectivity index (χ1) is 7.27. The molecule has 0 radical (unpaired) electrons. The van der Waals surface area contributed by atoms with Crippen molar-refractivity contribution in [3.05, 3.63) is 0 Å². The van der Waals surface area contributed by atoms with Crippen LogP contribution in [0, 0.1) is 5.92 Å². The Morgan fingerprint density at radius 3 is 3.00 bits per heavy atom. The molecule has 2 aliphatic rings. The van der Waals surface area contributed by atoms with Crippen LogP contribution in [-0.2, 0) is 4.79 Å². The Hall–Kier alpha value is -0.610. The number of amides is 1. The number of rotatable bonds is 3. The lowest BCUT2D eigenvalue weighted by atomic mass is 9.96. The summed E-state index contributed by atoms with van der Waals surface area (Å²) in [4.78, 5) is 11.5. The van der Waals surface area contributed by atoms with Crippen LogP contribution < -0.4 is 5.32 Å². The zero-order valence-corrected chi connectivity index (χ0v) is 9.54. The van der Waals surface area contributed by atoms with Crippen molar-refractivity contribution in [1.82, 2.24) is 15.3 Å².